The van der Waals surface area contributed by atoms with Gasteiger partial charge in [-0.2, -0.15) is 0 Å². The zero-order chi connectivity index (χ0) is 4.24. The van der Waals surface area contributed by atoms with Crippen molar-refractivity contribution in [2.75, 3.05) is 0 Å². The van der Waals surface area contributed by atoms with Gasteiger partial charge in [-0.15, -0.1) is 0 Å². The van der Waals surface area contributed by atoms with Gasteiger partial charge in [-0.1, -0.05) is 0 Å². The molecule has 1 rings (SSSR count). The summed E-state index contributed by atoms with van der Waals surface area (Å²) in [7, 11) is 2.29. The Kier molecular flexibility index (Phi) is 5.64. The fourth-order valence-electron chi connectivity index (χ4n) is 0.0680. The predicted molar refractivity (Wildman–Crippen MR) is 36.4 cm³/mol. The fourth-order valence-corrected chi connectivity index (χ4v) is 167. The van der Waals surface area contributed by atoms with E-state index in [4.69, 9.17) is 0 Å². The van der Waals surface area contributed by atoms with Crippen LogP contribution in [-0.4, -0.2) is 57.9 Å². The molecule has 0 saturated carbocycles. The molecule has 6 heteroatoms. The molecule has 0 radical (unpaired) electrons. The average molecular weight is 427 g/mol. The molecule has 0 atom stereocenters. The summed E-state index contributed by atoms with van der Waals surface area (Å²) in [6.07, 6.45) is 0. The average Bonchev–Trinajstić information content (AvgIpc) is 1.72. The van der Waals surface area contributed by atoms with Crippen molar-refractivity contribution in [2.24, 2.45) is 0 Å². The summed E-state index contributed by atoms with van der Waals surface area (Å²) < 4.78 is 0. The summed E-state index contributed by atoms with van der Waals surface area (Å²) in [5, 5.41) is 0. The van der Waals surface area contributed by atoms with Crippen LogP contribution in [0.4, 0.5) is 0 Å². The first-order chi connectivity index (χ1) is 3.00. The molecule has 1 aliphatic heterocycles. The van der Waals surface area contributed by atoms with Crippen LogP contribution in [0.3, 0.4) is 0 Å². The quantitative estimate of drug-likeness (QED) is 0.436. The third kappa shape index (κ3) is 3.07. The van der Waals surface area contributed by atoms with E-state index in [1.165, 1.54) is 33.9 Å². The molecule has 0 nitrogen and oxygen atoms in total. The van der Waals surface area contributed by atoms with Crippen LogP contribution in [0, 0.1) is 0 Å². The van der Waals surface area contributed by atoms with E-state index in [-0.39, 0.29) is 0 Å². The molecule has 0 amide bonds. The number of hydrogen-bond donors (Lipinski definition) is 0. The Bertz CT molecular complexity index is 19.4. The number of rotatable bonds is 0. The molecule has 0 spiro atoms. The van der Waals surface area contributed by atoms with Gasteiger partial charge < -0.3 is 0 Å². The van der Waals surface area contributed by atoms with E-state index >= 15 is 0 Å². The molecule has 1 heterocycles. The molecule has 0 aliphatic carbocycles. The van der Waals surface area contributed by atoms with E-state index in [0.717, 1.165) is 24.0 Å². The summed E-state index contributed by atoms with van der Waals surface area (Å²) in [6.45, 7) is 0. The summed E-state index contributed by atoms with van der Waals surface area (Å²) in [6, 6.07) is 0. The van der Waals surface area contributed by atoms with Crippen LogP contribution in [-0.2, 0) is 0 Å². The Balaban J connectivity index is 2.00. The van der Waals surface area contributed by atoms with Gasteiger partial charge >= 0.3 is 66.5 Å². The SMILES string of the molecule is S1[Se][Se][Se][Se][Se]1. The van der Waals surface area contributed by atoms with E-state index in [2.05, 4.69) is 8.60 Å². The van der Waals surface area contributed by atoms with E-state index < -0.39 is 0 Å². The Morgan fingerprint density at radius 2 is 1.50 bits per heavy atom. The maximum absolute atomic E-state index is 2.29. The Morgan fingerprint density at radius 1 is 0.833 bits per heavy atom. The van der Waals surface area contributed by atoms with Gasteiger partial charge in [-0.3, -0.25) is 0 Å². The predicted octanol–water partition coefficient (Wildman–Crippen LogP) is -1.26. The van der Waals surface area contributed by atoms with Gasteiger partial charge in [0.05, 0.1) is 0 Å². The molecule has 1 saturated heterocycles. The first-order valence-corrected chi connectivity index (χ1v) is 23.2. The first-order valence-electron chi connectivity index (χ1n) is 1.00. The van der Waals surface area contributed by atoms with Crippen LogP contribution in [0.2, 0.25) is 0 Å². The minimum atomic E-state index is 1.10. The van der Waals surface area contributed by atoms with Crippen LogP contribution in [0.15, 0.2) is 0 Å². The minimum absolute atomic E-state index is 1.10. The van der Waals surface area contributed by atoms with E-state index in [0.29, 0.717) is 0 Å². The Hall–Kier alpha value is 2.95. The van der Waals surface area contributed by atoms with E-state index in [1.54, 1.807) is 0 Å². The van der Waals surface area contributed by atoms with Gasteiger partial charge in [0.2, 0.25) is 0 Å². The summed E-state index contributed by atoms with van der Waals surface area (Å²) >= 11 is 5.79. The van der Waals surface area contributed by atoms with Crippen molar-refractivity contribution in [1.29, 1.82) is 0 Å². The monoisotopic (exact) mass is 432 g/mol. The fraction of sp³-hybridized carbons (Fsp3) is 0. The van der Waals surface area contributed by atoms with Crippen LogP contribution in [0.25, 0.3) is 0 Å². The van der Waals surface area contributed by atoms with Gasteiger partial charge in [0.1, 0.15) is 0 Å². The normalized spacial score (nSPS) is 24.0. The Labute approximate surface area is 65.2 Å². The van der Waals surface area contributed by atoms with Crippen molar-refractivity contribution in [1.82, 2.24) is 0 Å². The topological polar surface area (TPSA) is 0 Å². The molecule has 0 aromatic rings. The third-order valence-electron chi connectivity index (χ3n) is 0.167. The molecule has 6 heavy (non-hydrogen) atoms. The molecule has 0 bridgehead atoms. The van der Waals surface area contributed by atoms with Gasteiger partial charge in [-0.25, -0.2) is 0 Å². The Morgan fingerprint density at radius 3 is 1.67 bits per heavy atom. The second-order valence-corrected chi connectivity index (χ2v) is 45.2. The molecule has 1 fully saturated rings. The van der Waals surface area contributed by atoms with Crippen molar-refractivity contribution in [3.63, 3.8) is 0 Å². The molecule has 36 valence electrons. The molecular weight excluding hydrogens is 427 g/mol. The molecule has 0 unspecified atom stereocenters. The van der Waals surface area contributed by atoms with Gasteiger partial charge in [0, 0.05) is 0 Å². The molecular formula is SSe5. The van der Waals surface area contributed by atoms with Crippen molar-refractivity contribution in [3.05, 3.63) is 0 Å². The maximum atomic E-state index is 2.29. The van der Waals surface area contributed by atoms with Crippen molar-refractivity contribution >= 4 is 66.5 Å². The van der Waals surface area contributed by atoms with Crippen LogP contribution < -0.4 is 0 Å². The van der Waals surface area contributed by atoms with Gasteiger partial charge in [0.15, 0.2) is 0 Å². The zero-order valence-electron chi connectivity index (χ0n) is 2.45. The number of hydrogen-bond acceptors (Lipinski definition) is 1. The first kappa shape index (κ1) is 7.06. The summed E-state index contributed by atoms with van der Waals surface area (Å²) in [4.78, 5) is 0. The van der Waals surface area contributed by atoms with Crippen LogP contribution in [0.5, 0.6) is 0 Å². The van der Waals surface area contributed by atoms with Gasteiger partial charge in [-0.05, 0) is 0 Å². The third-order valence-corrected chi connectivity index (χ3v) is 87.3. The zero-order valence-corrected chi connectivity index (χ0v) is 11.8. The molecule has 1 aliphatic rings. The van der Waals surface area contributed by atoms with E-state index in [1.807, 2.05) is 0 Å². The molecule has 0 N–H and O–H groups in total. The van der Waals surface area contributed by atoms with Gasteiger partial charge in [0.25, 0.3) is 0 Å². The van der Waals surface area contributed by atoms with E-state index in [9.17, 15) is 0 Å². The summed E-state index contributed by atoms with van der Waals surface area (Å²) in [5.74, 6) is 0. The van der Waals surface area contributed by atoms with Crippen molar-refractivity contribution < 1.29 is 0 Å². The molecule has 0 aromatic heterocycles. The molecule has 0 aromatic carbocycles. The second kappa shape index (κ2) is 4.79. The standard InChI is InChI=1S/SSe5/c1-2-4-6-5-3-1. The summed E-state index contributed by atoms with van der Waals surface area (Å²) in [5.41, 5.74) is 0. The second-order valence-electron chi connectivity index (χ2n) is 0.408. The van der Waals surface area contributed by atoms with Crippen molar-refractivity contribution in [2.45, 2.75) is 0 Å². The van der Waals surface area contributed by atoms with Crippen LogP contribution in [0.1, 0.15) is 0 Å². The van der Waals surface area contributed by atoms with Crippen LogP contribution >= 0.6 is 8.60 Å². The van der Waals surface area contributed by atoms with Crippen molar-refractivity contribution in [3.8, 4) is 0 Å².